The monoisotopic (exact) mass is 660 g/mol. The molecule has 0 aliphatic rings. The van der Waals surface area contributed by atoms with Crippen LogP contribution in [0.2, 0.25) is 0 Å². The fourth-order valence-electron chi connectivity index (χ4n) is 2.94. The van der Waals surface area contributed by atoms with E-state index in [4.69, 9.17) is 4.74 Å². The highest BCUT2D eigenvalue weighted by atomic mass is 127. The van der Waals surface area contributed by atoms with Crippen LogP contribution in [-0.2, 0) is 15.7 Å². The third-order valence-electron chi connectivity index (χ3n) is 4.46. The largest absolute Gasteiger partial charge is 0.461 e. The molecule has 2 aromatic carbocycles. The second-order valence-electron chi connectivity index (χ2n) is 7.01. The Bertz CT molecular complexity index is 1340. The molecule has 6 nitrogen and oxygen atoms in total. The van der Waals surface area contributed by atoms with Crippen molar-refractivity contribution in [2.24, 2.45) is 0 Å². The highest BCUT2D eigenvalue weighted by molar-refractivity contribution is 14.1. The molecule has 4 rings (SSSR count). The number of hydrogen-bond donors (Lipinski definition) is 0. The minimum atomic E-state index is -4.56. The van der Waals surface area contributed by atoms with Crippen molar-refractivity contribution in [3.63, 3.8) is 0 Å². The average Bonchev–Trinajstić information content (AvgIpc) is 3.51. The van der Waals surface area contributed by atoms with Crippen LogP contribution < -0.4 is 0 Å². The summed E-state index contributed by atoms with van der Waals surface area (Å²) in [6, 6.07) is 17.8. The number of esters is 2. The van der Waals surface area contributed by atoms with Crippen LogP contribution in [-0.4, -0.2) is 35.1 Å². The van der Waals surface area contributed by atoms with Gasteiger partial charge in [-0.05, 0) is 36.4 Å². The molecule has 12 heteroatoms. The molecule has 0 N–H and O–H groups in total. The number of benzene rings is 2. The summed E-state index contributed by atoms with van der Waals surface area (Å²) in [5.74, 6) is -1.19. The zero-order valence-corrected chi connectivity index (χ0v) is 23.3. The van der Waals surface area contributed by atoms with Crippen molar-refractivity contribution in [3.8, 4) is 22.5 Å². The molecule has 2 heterocycles. The van der Waals surface area contributed by atoms with E-state index in [0.29, 0.717) is 28.5 Å². The molecule has 0 amide bonds. The maximum atomic E-state index is 13.0. The average molecular weight is 660 g/mol. The van der Waals surface area contributed by atoms with Gasteiger partial charge in [-0.1, -0.05) is 60.7 Å². The maximum Gasteiger partial charge on any atom is 0.427 e. The van der Waals surface area contributed by atoms with E-state index < -0.39 is 17.0 Å². The third kappa shape index (κ3) is 7.58. The van der Waals surface area contributed by atoms with Crippen molar-refractivity contribution in [3.05, 3.63) is 78.4 Å². The van der Waals surface area contributed by atoms with Crippen molar-refractivity contribution < 1.29 is 32.2 Å². The Morgan fingerprint density at radius 1 is 0.784 bits per heavy atom. The van der Waals surface area contributed by atoms with E-state index in [1.165, 1.54) is 23.5 Å². The third-order valence-corrected chi connectivity index (χ3v) is 7.54. The minimum Gasteiger partial charge on any atom is -0.461 e. The van der Waals surface area contributed by atoms with Crippen LogP contribution in [0.1, 0.15) is 38.3 Å². The van der Waals surface area contributed by atoms with Crippen molar-refractivity contribution in [2.75, 3.05) is 13.2 Å². The Morgan fingerprint density at radius 3 is 1.68 bits per heavy atom. The van der Waals surface area contributed by atoms with Gasteiger partial charge in [-0.15, -0.1) is 22.7 Å². The fraction of sp³-hybridized carbons (Fsp3) is 0.200. The summed E-state index contributed by atoms with van der Waals surface area (Å²) in [5, 5.41) is 0.119. The number of ether oxygens (including phenoxy) is 2. The molecular formula is C25H20F3IN2O4S2. The maximum absolute atomic E-state index is 13.0. The molecule has 194 valence electrons. The number of alkyl halides is 3. The van der Waals surface area contributed by atoms with E-state index in [1.807, 2.05) is 30.3 Å². The predicted molar refractivity (Wildman–Crippen MR) is 145 cm³/mol. The smallest absolute Gasteiger partial charge is 0.427 e. The lowest BCUT2D eigenvalue weighted by Crippen LogP contribution is -2.03. The number of nitrogens with zero attached hydrogens (tertiary/aromatic N) is 2. The lowest BCUT2D eigenvalue weighted by atomic mass is 10.1. The first-order valence-electron chi connectivity index (χ1n) is 10.8. The van der Waals surface area contributed by atoms with Crippen LogP contribution >= 0.6 is 45.3 Å². The summed E-state index contributed by atoms with van der Waals surface area (Å²) in [6.07, 6.45) is -4.56. The zero-order valence-electron chi connectivity index (χ0n) is 19.5. The van der Waals surface area contributed by atoms with Gasteiger partial charge >= 0.3 is 18.1 Å². The summed E-state index contributed by atoms with van der Waals surface area (Å²) in [5.41, 5.74) is 1.93. The Labute approximate surface area is 232 Å². The molecular weight excluding hydrogens is 640 g/mol. The van der Waals surface area contributed by atoms with Crippen molar-refractivity contribution in [2.45, 2.75) is 20.0 Å². The van der Waals surface area contributed by atoms with Gasteiger partial charge in [0, 0.05) is 11.1 Å². The number of aromatic nitrogens is 2. The van der Waals surface area contributed by atoms with Crippen LogP contribution in [0.5, 0.6) is 0 Å². The number of carbonyl (C=O) groups is 2. The standard InChI is InChI=1S/C13H10F3NO2S.C12H10INO2S/c1-2-19-12(18)11-17-9(8-6-4-3-5-7-8)10(20-11)13(14,15)16;1-2-16-12(15)11-14-9(10(13)17-11)8-6-4-3-5-7-8/h3-7H,2H2,1H3;3-7H,2H2,1H3. The first-order chi connectivity index (χ1) is 17.7. The van der Waals surface area contributed by atoms with Crippen LogP contribution in [0.4, 0.5) is 13.2 Å². The van der Waals surface area contributed by atoms with E-state index in [1.54, 1.807) is 32.0 Å². The summed E-state index contributed by atoms with van der Waals surface area (Å²) in [6.45, 7) is 3.82. The number of rotatable bonds is 6. The molecule has 0 unspecified atom stereocenters. The van der Waals surface area contributed by atoms with Crippen LogP contribution in [0, 0.1) is 2.88 Å². The fourth-order valence-corrected chi connectivity index (χ4v) is 5.56. The number of hydrogen-bond acceptors (Lipinski definition) is 8. The summed E-state index contributed by atoms with van der Waals surface area (Å²) >= 11 is 3.85. The molecule has 0 fully saturated rings. The molecule has 2 aromatic heterocycles. The highest BCUT2D eigenvalue weighted by Gasteiger charge is 2.38. The lowest BCUT2D eigenvalue weighted by molar-refractivity contribution is -0.134. The second kappa shape index (κ2) is 13.1. The van der Waals surface area contributed by atoms with Gasteiger partial charge in [0.2, 0.25) is 10.0 Å². The summed E-state index contributed by atoms with van der Waals surface area (Å²) in [7, 11) is 0. The molecule has 0 atom stereocenters. The van der Waals surface area contributed by atoms with Gasteiger partial charge in [-0.25, -0.2) is 19.6 Å². The van der Waals surface area contributed by atoms with Crippen LogP contribution in [0.15, 0.2) is 60.7 Å². The second-order valence-corrected chi connectivity index (χ2v) is 10.8. The topological polar surface area (TPSA) is 78.4 Å². The van der Waals surface area contributed by atoms with Crippen molar-refractivity contribution in [1.29, 1.82) is 0 Å². The molecule has 0 bridgehead atoms. The quantitative estimate of drug-likeness (QED) is 0.157. The Kier molecular flexibility index (Phi) is 10.2. The van der Waals surface area contributed by atoms with Gasteiger partial charge in [0.25, 0.3) is 0 Å². The van der Waals surface area contributed by atoms with Gasteiger partial charge in [0.15, 0.2) is 0 Å². The Hall–Kier alpha value is -2.84. The SMILES string of the molecule is CCOC(=O)c1nc(-c2ccccc2)c(C(F)(F)F)s1.CCOC(=O)c1nc(-c2ccccc2)c(I)s1. The normalized spacial score (nSPS) is 10.9. The number of thiazole rings is 2. The van der Waals surface area contributed by atoms with E-state index in [2.05, 4.69) is 37.3 Å². The van der Waals surface area contributed by atoms with Crippen molar-refractivity contribution in [1.82, 2.24) is 9.97 Å². The van der Waals surface area contributed by atoms with Crippen LogP contribution in [0.25, 0.3) is 22.5 Å². The predicted octanol–water partition coefficient (Wildman–Crippen LogP) is 7.60. The van der Waals surface area contributed by atoms with Gasteiger partial charge < -0.3 is 9.47 Å². The van der Waals surface area contributed by atoms with Crippen molar-refractivity contribution >= 4 is 57.2 Å². The van der Waals surface area contributed by atoms with E-state index in [9.17, 15) is 22.8 Å². The molecule has 0 radical (unpaired) electrons. The molecule has 0 aliphatic heterocycles. The molecule has 0 saturated carbocycles. The molecule has 0 aliphatic carbocycles. The molecule has 4 aromatic rings. The van der Waals surface area contributed by atoms with Gasteiger partial charge in [0.05, 0.1) is 27.5 Å². The molecule has 0 spiro atoms. The Balaban J connectivity index is 0.000000208. The first-order valence-corrected chi connectivity index (χ1v) is 13.6. The van der Waals surface area contributed by atoms with Gasteiger partial charge in [0.1, 0.15) is 4.88 Å². The summed E-state index contributed by atoms with van der Waals surface area (Å²) in [4.78, 5) is 30.3. The van der Waals surface area contributed by atoms with E-state index in [-0.39, 0.29) is 23.3 Å². The van der Waals surface area contributed by atoms with E-state index in [0.717, 1.165) is 14.1 Å². The first kappa shape index (κ1) is 28.7. The minimum absolute atomic E-state index is 0.0838. The molecule has 0 saturated heterocycles. The van der Waals surface area contributed by atoms with Gasteiger partial charge in [-0.3, -0.25) is 0 Å². The Morgan fingerprint density at radius 2 is 1.22 bits per heavy atom. The van der Waals surface area contributed by atoms with Gasteiger partial charge in [-0.2, -0.15) is 13.2 Å². The van der Waals surface area contributed by atoms with Crippen LogP contribution in [0.3, 0.4) is 0 Å². The lowest BCUT2D eigenvalue weighted by Gasteiger charge is -2.05. The summed E-state index contributed by atoms with van der Waals surface area (Å²) < 4.78 is 49.7. The molecule has 37 heavy (non-hydrogen) atoms. The zero-order chi connectivity index (χ0) is 27.0. The van der Waals surface area contributed by atoms with E-state index >= 15 is 0 Å². The highest BCUT2D eigenvalue weighted by Crippen LogP contribution is 2.41. The number of carbonyl (C=O) groups excluding carboxylic acids is 2. The number of halogens is 4.